The molecule has 2 aromatic rings. The second-order valence-electron chi connectivity index (χ2n) is 4.47. The lowest BCUT2D eigenvalue weighted by atomic mass is 10.1. The highest BCUT2D eigenvalue weighted by atomic mass is 19.1. The molecule has 1 unspecified atom stereocenters. The van der Waals surface area contributed by atoms with Crippen molar-refractivity contribution in [1.29, 1.82) is 0 Å². The molecule has 106 valence electrons. The van der Waals surface area contributed by atoms with Crippen LogP contribution in [0.5, 0.6) is 0 Å². The highest BCUT2D eigenvalue weighted by Crippen LogP contribution is 2.19. The number of anilines is 2. The minimum absolute atomic E-state index is 0.000769. The second-order valence-corrected chi connectivity index (χ2v) is 4.47. The van der Waals surface area contributed by atoms with Crippen LogP contribution >= 0.6 is 0 Å². The topological polar surface area (TPSA) is 75.9 Å². The zero-order valence-corrected chi connectivity index (χ0v) is 11.5. The lowest BCUT2D eigenvalue weighted by molar-refractivity contribution is 0.626. The van der Waals surface area contributed by atoms with E-state index in [1.165, 1.54) is 12.1 Å². The molecule has 1 atom stereocenters. The van der Waals surface area contributed by atoms with Crippen LogP contribution in [0.1, 0.15) is 31.3 Å². The van der Waals surface area contributed by atoms with Gasteiger partial charge < -0.3 is 10.7 Å². The number of hydrazine groups is 1. The number of nitrogen functional groups attached to an aromatic ring is 1. The highest BCUT2D eigenvalue weighted by Gasteiger charge is 2.08. The molecule has 20 heavy (non-hydrogen) atoms. The number of nitrogens with two attached hydrogens (primary N) is 1. The van der Waals surface area contributed by atoms with Crippen LogP contribution in [-0.4, -0.2) is 9.97 Å². The molecule has 0 aliphatic rings. The summed E-state index contributed by atoms with van der Waals surface area (Å²) in [6.45, 7) is 3.96. The minimum atomic E-state index is -0.245. The van der Waals surface area contributed by atoms with Crippen LogP contribution in [0.2, 0.25) is 0 Å². The standard InChI is InChI=1S/C14H18FN5/c1-3-12-18-13(8-14(19-12)20-16)17-9(2)10-4-6-11(15)7-5-10/h4-9H,3,16H2,1-2H3,(H2,17,18,19,20). The molecule has 0 aliphatic heterocycles. The molecule has 4 N–H and O–H groups in total. The molecule has 0 fully saturated rings. The molecule has 1 aromatic carbocycles. The number of halogens is 1. The summed E-state index contributed by atoms with van der Waals surface area (Å²) < 4.78 is 12.9. The van der Waals surface area contributed by atoms with Gasteiger partial charge in [0.2, 0.25) is 0 Å². The lowest BCUT2D eigenvalue weighted by Gasteiger charge is -2.16. The zero-order chi connectivity index (χ0) is 14.5. The number of nitrogens with zero attached hydrogens (tertiary/aromatic N) is 2. The number of rotatable bonds is 5. The lowest BCUT2D eigenvalue weighted by Crippen LogP contribution is -2.13. The van der Waals surface area contributed by atoms with Crippen molar-refractivity contribution in [2.45, 2.75) is 26.3 Å². The molecule has 1 aromatic heterocycles. The molecule has 0 saturated heterocycles. The Labute approximate surface area is 117 Å². The van der Waals surface area contributed by atoms with E-state index >= 15 is 0 Å². The monoisotopic (exact) mass is 275 g/mol. The Bertz CT molecular complexity index is 548. The highest BCUT2D eigenvalue weighted by molar-refractivity contribution is 5.48. The Morgan fingerprint density at radius 1 is 1.20 bits per heavy atom. The fraction of sp³-hybridized carbons (Fsp3) is 0.286. The van der Waals surface area contributed by atoms with Gasteiger partial charge in [0.05, 0.1) is 0 Å². The third-order valence-electron chi connectivity index (χ3n) is 2.97. The van der Waals surface area contributed by atoms with E-state index < -0.39 is 0 Å². The first kappa shape index (κ1) is 14.2. The van der Waals surface area contributed by atoms with E-state index in [4.69, 9.17) is 5.84 Å². The van der Waals surface area contributed by atoms with E-state index in [0.717, 1.165) is 12.0 Å². The molecule has 0 aliphatic carbocycles. The Morgan fingerprint density at radius 2 is 1.85 bits per heavy atom. The van der Waals surface area contributed by atoms with Crippen LogP contribution in [0.15, 0.2) is 30.3 Å². The van der Waals surface area contributed by atoms with Crippen molar-refractivity contribution in [3.05, 3.63) is 47.5 Å². The van der Waals surface area contributed by atoms with Crippen molar-refractivity contribution < 1.29 is 4.39 Å². The Balaban J connectivity index is 2.18. The third-order valence-corrected chi connectivity index (χ3v) is 2.97. The molecule has 0 radical (unpaired) electrons. The van der Waals surface area contributed by atoms with Crippen molar-refractivity contribution in [2.24, 2.45) is 5.84 Å². The van der Waals surface area contributed by atoms with Gasteiger partial charge in [0, 0.05) is 18.5 Å². The molecule has 2 rings (SSSR count). The van der Waals surface area contributed by atoms with Gasteiger partial charge in [-0.25, -0.2) is 20.2 Å². The Hall–Kier alpha value is -2.21. The zero-order valence-electron chi connectivity index (χ0n) is 11.5. The summed E-state index contributed by atoms with van der Waals surface area (Å²) in [5, 5.41) is 3.26. The summed E-state index contributed by atoms with van der Waals surface area (Å²) in [6, 6.07) is 8.11. The molecule has 0 saturated carbocycles. The van der Waals surface area contributed by atoms with Crippen LogP contribution in [0, 0.1) is 5.82 Å². The van der Waals surface area contributed by atoms with Crippen LogP contribution in [0.4, 0.5) is 16.0 Å². The van der Waals surface area contributed by atoms with Gasteiger partial charge in [-0.05, 0) is 24.6 Å². The maximum atomic E-state index is 12.9. The number of nitrogens with one attached hydrogen (secondary N) is 2. The Morgan fingerprint density at radius 3 is 2.45 bits per heavy atom. The van der Waals surface area contributed by atoms with E-state index in [-0.39, 0.29) is 11.9 Å². The molecule has 0 spiro atoms. The van der Waals surface area contributed by atoms with E-state index in [2.05, 4.69) is 20.7 Å². The van der Waals surface area contributed by atoms with Gasteiger partial charge in [-0.3, -0.25) is 0 Å². The average molecular weight is 275 g/mol. The molecular formula is C14H18FN5. The summed E-state index contributed by atoms with van der Waals surface area (Å²) in [7, 11) is 0. The summed E-state index contributed by atoms with van der Waals surface area (Å²) >= 11 is 0. The van der Waals surface area contributed by atoms with Gasteiger partial charge >= 0.3 is 0 Å². The summed E-state index contributed by atoms with van der Waals surface area (Å²) in [4.78, 5) is 8.62. The molecule has 5 nitrogen and oxygen atoms in total. The maximum absolute atomic E-state index is 12.9. The summed E-state index contributed by atoms with van der Waals surface area (Å²) in [5.41, 5.74) is 3.50. The molecule has 0 bridgehead atoms. The molecule has 0 amide bonds. The van der Waals surface area contributed by atoms with Crippen LogP contribution < -0.4 is 16.6 Å². The van der Waals surface area contributed by atoms with E-state index in [9.17, 15) is 4.39 Å². The average Bonchev–Trinajstić information content (AvgIpc) is 2.47. The van der Waals surface area contributed by atoms with E-state index in [1.54, 1.807) is 18.2 Å². The first-order chi connectivity index (χ1) is 9.62. The quantitative estimate of drug-likeness (QED) is 0.577. The molecular weight excluding hydrogens is 257 g/mol. The van der Waals surface area contributed by atoms with E-state index in [0.29, 0.717) is 17.5 Å². The van der Waals surface area contributed by atoms with Crippen molar-refractivity contribution in [3.8, 4) is 0 Å². The van der Waals surface area contributed by atoms with Gasteiger partial charge in [-0.1, -0.05) is 19.1 Å². The van der Waals surface area contributed by atoms with Gasteiger partial charge in [-0.2, -0.15) is 0 Å². The van der Waals surface area contributed by atoms with Crippen molar-refractivity contribution in [2.75, 3.05) is 10.7 Å². The summed E-state index contributed by atoms with van der Waals surface area (Å²) in [5.74, 6) is 7.09. The van der Waals surface area contributed by atoms with Crippen LogP contribution in [0.3, 0.4) is 0 Å². The molecule has 6 heteroatoms. The number of aromatic nitrogens is 2. The number of aryl methyl sites for hydroxylation is 1. The smallest absolute Gasteiger partial charge is 0.145 e. The van der Waals surface area contributed by atoms with Crippen LogP contribution in [-0.2, 0) is 6.42 Å². The van der Waals surface area contributed by atoms with Gasteiger partial charge in [0.1, 0.15) is 23.3 Å². The fourth-order valence-corrected chi connectivity index (χ4v) is 1.86. The third kappa shape index (κ3) is 3.42. The van der Waals surface area contributed by atoms with Crippen molar-refractivity contribution in [1.82, 2.24) is 9.97 Å². The van der Waals surface area contributed by atoms with Gasteiger partial charge in [0.25, 0.3) is 0 Å². The fourth-order valence-electron chi connectivity index (χ4n) is 1.86. The predicted molar refractivity (Wildman–Crippen MR) is 77.7 cm³/mol. The number of hydrogen-bond acceptors (Lipinski definition) is 5. The van der Waals surface area contributed by atoms with Gasteiger partial charge in [0.15, 0.2) is 0 Å². The number of benzene rings is 1. The maximum Gasteiger partial charge on any atom is 0.145 e. The first-order valence-corrected chi connectivity index (χ1v) is 6.49. The first-order valence-electron chi connectivity index (χ1n) is 6.49. The number of hydrogen-bond donors (Lipinski definition) is 3. The second kappa shape index (κ2) is 6.29. The molecule has 1 heterocycles. The van der Waals surface area contributed by atoms with Crippen molar-refractivity contribution >= 4 is 11.6 Å². The largest absolute Gasteiger partial charge is 0.363 e. The van der Waals surface area contributed by atoms with Crippen molar-refractivity contribution in [3.63, 3.8) is 0 Å². The van der Waals surface area contributed by atoms with Gasteiger partial charge in [-0.15, -0.1) is 0 Å². The Kier molecular flexibility index (Phi) is 4.47. The normalized spacial score (nSPS) is 12.0. The van der Waals surface area contributed by atoms with E-state index in [1.807, 2.05) is 13.8 Å². The summed E-state index contributed by atoms with van der Waals surface area (Å²) in [6.07, 6.45) is 0.717. The van der Waals surface area contributed by atoms with Crippen LogP contribution in [0.25, 0.3) is 0 Å². The predicted octanol–water partition coefficient (Wildman–Crippen LogP) is 2.64. The SMILES string of the molecule is CCc1nc(NN)cc(NC(C)c2ccc(F)cc2)n1. The minimum Gasteiger partial charge on any atom is -0.363 e.